The van der Waals surface area contributed by atoms with Crippen LogP contribution in [0.25, 0.3) is 10.9 Å². The van der Waals surface area contributed by atoms with Crippen molar-refractivity contribution < 1.29 is 13.2 Å². The number of aryl methyl sites for hydroxylation is 1. The quantitative estimate of drug-likeness (QED) is 0.713. The van der Waals surface area contributed by atoms with Gasteiger partial charge >= 0.3 is 0 Å². The minimum absolute atomic E-state index is 0.0317. The van der Waals surface area contributed by atoms with Crippen molar-refractivity contribution in [2.24, 2.45) is 0 Å². The summed E-state index contributed by atoms with van der Waals surface area (Å²) in [6.07, 6.45) is 3.72. The normalized spacial score (nSPS) is 13.7. The first-order valence-corrected chi connectivity index (χ1v) is 10.9. The number of rotatable bonds is 5. The van der Waals surface area contributed by atoms with E-state index in [0.29, 0.717) is 18.7 Å². The molecule has 7 heteroatoms. The zero-order valence-corrected chi connectivity index (χ0v) is 16.8. The van der Waals surface area contributed by atoms with Crippen molar-refractivity contribution in [1.82, 2.24) is 4.57 Å². The molecule has 0 fully saturated rings. The van der Waals surface area contributed by atoms with Crippen molar-refractivity contribution in [3.8, 4) is 0 Å². The van der Waals surface area contributed by atoms with E-state index in [1.807, 2.05) is 24.4 Å². The Bertz CT molecular complexity index is 1160. The van der Waals surface area contributed by atoms with Crippen LogP contribution >= 0.6 is 0 Å². The van der Waals surface area contributed by atoms with E-state index in [0.717, 1.165) is 35.1 Å². The summed E-state index contributed by atoms with van der Waals surface area (Å²) in [6.45, 7) is 5.17. The van der Waals surface area contributed by atoms with Gasteiger partial charge in [-0.1, -0.05) is 6.92 Å². The molecule has 1 aliphatic heterocycles. The Labute approximate surface area is 164 Å². The van der Waals surface area contributed by atoms with Gasteiger partial charge in [0.05, 0.1) is 4.90 Å². The first kappa shape index (κ1) is 18.6. The number of sulfonamides is 1. The molecule has 0 radical (unpaired) electrons. The molecule has 6 nitrogen and oxygen atoms in total. The van der Waals surface area contributed by atoms with Crippen molar-refractivity contribution in [2.75, 3.05) is 16.2 Å². The molecular formula is C21H23N3O3S. The largest absolute Gasteiger partial charge is 0.347 e. The van der Waals surface area contributed by atoms with Crippen molar-refractivity contribution in [3.05, 3.63) is 54.2 Å². The van der Waals surface area contributed by atoms with Crippen molar-refractivity contribution in [3.63, 3.8) is 0 Å². The highest BCUT2D eigenvalue weighted by Crippen LogP contribution is 2.31. The second kappa shape index (κ2) is 6.98. The minimum atomic E-state index is -3.70. The summed E-state index contributed by atoms with van der Waals surface area (Å²) in [7, 11) is -3.70. The van der Waals surface area contributed by atoms with Gasteiger partial charge in [-0.05, 0) is 60.9 Å². The molecule has 0 saturated carbocycles. The molecule has 1 N–H and O–H groups in total. The average Bonchev–Trinajstić information content (AvgIpc) is 3.25. The molecule has 0 atom stereocenters. The summed E-state index contributed by atoms with van der Waals surface area (Å²) in [5.74, 6) is -0.0317. The predicted molar refractivity (Wildman–Crippen MR) is 111 cm³/mol. The van der Waals surface area contributed by atoms with E-state index in [9.17, 15) is 13.2 Å². The Hall–Kier alpha value is -2.80. The van der Waals surface area contributed by atoms with Crippen LogP contribution in [0.15, 0.2) is 53.6 Å². The average molecular weight is 398 g/mol. The fraction of sp³-hybridized carbons (Fsp3) is 0.286. The predicted octanol–water partition coefficient (Wildman–Crippen LogP) is 3.76. The third-order valence-corrected chi connectivity index (χ3v) is 6.50. The maximum atomic E-state index is 12.9. The lowest BCUT2D eigenvalue weighted by molar-refractivity contribution is -0.116. The summed E-state index contributed by atoms with van der Waals surface area (Å²) in [6, 6.07) is 12.5. The maximum absolute atomic E-state index is 12.9. The van der Waals surface area contributed by atoms with Crippen LogP contribution in [0.4, 0.5) is 11.4 Å². The molecule has 0 unspecified atom stereocenters. The van der Waals surface area contributed by atoms with E-state index < -0.39 is 10.0 Å². The number of carbonyl (C=O) groups excluding carboxylic acids is 1. The summed E-state index contributed by atoms with van der Waals surface area (Å²) in [5, 5.41) is 1.000. The highest BCUT2D eigenvalue weighted by Gasteiger charge is 2.24. The minimum Gasteiger partial charge on any atom is -0.347 e. The van der Waals surface area contributed by atoms with Gasteiger partial charge in [0.2, 0.25) is 5.91 Å². The van der Waals surface area contributed by atoms with Gasteiger partial charge in [0.25, 0.3) is 10.0 Å². The molecule has 0 aliphatic carbocycles. The van der Waals surface area contributed by atoms with Crippen LogP contribution < -0.4 is 9.62 Å². The van der Waals surface area contributed by atoms with Gasteiger partial charge in [0, 0.05) is 48.5 Å². The molecule has 1 aliphatic rings. The number of aromatic nitrogens is 1. The van der Waals surface area contributed by atoms with E-state index in [2.05, 4.69) is 16.2 Å². The SMILES string of the molecule is CCCn1ccc2cc(NS(=O)(=O)c3ccc4c(c3)CCN4C(C)=O)ccc21. The molecule has 0 spiro atoms. The van der Waals surface area contributed by atoms with Crippen molar-refractivity contribution in [1.29, 1.82) is 0 Å². The van der Waals surface area contributed by atoms with E-state index >= 15 is 0 Å². The number of anilines is 2. The second-order valence-electron chi connectivity index (χ2n) is 7.10. The Balaban J connectivity index is 1.61. The number of nitrogens with zero attached hydrogens (tertiary/aromatic N) is 2. The lowest BCUT2D eigenvalue weighted by atomic mass is 10.2. The lowest BCUT2D eigenvalue weighted by Gasteiger charge is -2.15. The van der Waals surface area contributed by atoms with Crippen LogP contribution in [0.5, 0.6) is 0 Å². The van der Waals surface area contributed by atoms with E-state index in [1.165, 1.54) is 6.92 Å². The molecule has 146 valence electrons. The molecule has 2 heterocycles. The zero-order valence-electron chi connectivity index (χ0n) is 16.0. The summed E-state index contributed by atoms with van der Waals surface area (Å²) >= 11 is 0. The van der Waals surface area contributed by atoms with Crippen LogP contribution in [-0.2, 0) is 27.8 Å². The third-order valence-electron chi connectivity index (χ3n) is 5.12. The molecule has 0 bridgehead atoms. The first-order chi connectivity index (χ1) is 13.4. The van der Waals surface area contributed by atoms with E-state index in [4.69, 9.17) is 0 Å². The number of nitrogens with one attached hydrogen (secondary N) is 1. The Morgan fingerprint density at radius 2 is 1.96 bits per heavy atom. The summed E-state index contributed by atoms with van der Waals surface area (Å²) < 4.78 is 30.6. The maximum Gasteiger partial charge on any atom is 0.261 e. The van der Waals surface area contributed by atoms with Gasteiger partial charge in [-0.25, -0.2) is 8.42 Å². The van der Waals surface area contributed by atoms with E-state index in [-0.39, 0.29) is 10.8 Å². The summed E-state index contributed by atoms with van der Waals surface area (Å²) in [5.41, 5.74) is 3.30. The highest BCUT2D eigenvalue weighted by molar-refractivity contribution is 7.92. The molecule has 1 amide bonds. The first-order valence-electron chi connectivity index (χ1n) is 9.42. The van der Waals surface area contributed by atoms with Gasteiger partial charge in [0.1, 0.15) is 0 Å². The fourth-order valence-electron chi connectivity index (χ4n) is 3.79. The van der Waals surface area contributed by atoms with Crippen LogP contribution in [0.3, 0.4) is 0 Å². The van der Waals surface area contributed by atoms with Crippen LogP contribution in [-0.4, -0.2) is 25.4 Å². The number of benzene rings is 2. The number of hydrogen-bond donors (Lipinski definition) is 1. The lowest BCUT2D eigenvalue weighted by Crippen LogP contribution is -2.25. The van der Waals surface area contributed by atoms with Gasteiger partial charge in [0.15, 0.2) is 0 Å². The van der Waals surface area contributed by atoms with Gasteiger partial charge in [-0.3, -0.25) is 9.52 Å². The van der Waals surface area contributed by atoms with Crippen LogP contribution in [0.2, 0.25) is 0 Å². The molecule has 28 heavy (non-hydrogen) atoms. The van der Waals surface area contributed by atoms with E-state index in [1.54, 1.807) is 29.2 Å². The van der Waals surface area contributed by atoms with Crippen LogP contribution in [0, 0.1) is 0 Å². The second-order valence-corrected chi connectivity index (χ2v) is 8.78. The van der Waals surface area contributed by atoms with Crippen LogP contribution in [0.1, 0.15) is 25.8 Å². The number of carbonyl (C=O) groups is 1. The molecule has 0 saturated heterocycles. The molecule has 2 aromatic carbocycles. The van der Waals surface area contributed by atoms with Crippen molar-refractivity contribution in [2.45, 2.75) is 38.1 Å². The Kier molecular flexibility index (Phi) is 4.63. The zero-order chi connectivity index (χ0) is 19.9. The van der Waals surface area contributed by atoms with Gasteiger partial charge < -0.3 is 9.47 Å². The Morgan fingerprint density at radius 3 is 2.71 bits per heavy atom. The molecule has 1 aromatic heterocycles. The third kappa shape index (κ3) is 3.26. The number of amides is 1. The van der Waals surface area contributed by atoms with Gasteiger partial charge in [-0.15, -0.1) is 0 Å². The number of fused-ring (bicyclic) bond motifs is 2. The molecule has 4 rings (SSSR count). The Morgan fingerprint density at radius 1 is 1.14 bits per heavy atom. The molecular weight excluding hydrogens is 374 g/mol. The highest BCUT2D eigenvalue weighted by atomic mass is 32.2. The summed E-state index contributed by atoms with van der Waals surface area (Å²) in [4.78, 5) is 13.6. The van der Waals surface area contributed by atoms with Crippen molar-refractivity contribution >= 4 is 38.2 Å². The topological polar surface area (TPSA) is 71.4 Å². The number of hydrogen-bond acceptors (Lipinski definition) is 3. The fourth-order valence-corrected chi connectivity index (χ4v) is 4.89. The smallest absolute Gasteiger partial charge is 0.261 e. The van der Waals surface area contributed by atoms with Gasteiger partial charge in [-0.2, -0.15) is 0 Å². The molecule has 3 aromatic rings. The standard InChI is InChI=1S/C21H23N3O3S/c1-3-10-23-11-8-16-13-18(4-6-20(16)23)22-28(26,27)19-5-7-21-17(14-19)9-12-24(21)15(2)25/h4-8,11,13-14,22H,3,9-10,12H2,1-2H3. The monoisotopic (exact) mass is 397 g/mol.